The molecule has 1 saturated heterocycles. The van der Waals surface area contributed by atoms with Crippen molar-refractivity contribution in [1.29, 1.82) is 0 Å². The van der Waals surface area contributed by atoms with Gasteiger partial charge < -0.3 is 9.47 Å². The molecule has 0 saturated carbocycles. The minimum absolute atomic E-state index is 0.183. The zero-order chi connectivity index (χ0) is 20.8. The molecule has 0 radical (unpaired) electrons. The smallest absolute Gasteiger partial charge is 0.233 e. The van der Waals surface area contributed by atoms with Crippen LogP contribution < -0.4 is 0 Å². The quantitative estimate of drug-likeness (QED) is 0.502. The van der Waals surface area contributed by atoms with Gasteiger partial charge in [-0.2, -0.15) is 0 Å². The average Bonchev–Trinajstić information content (AvgIpc) is 3.43. The number of aryl methyl sites for hydroxylation is 3. The maximum atomic E-state index is 12.7. The largest absolute Gasteiger partial charge is 0.339 e. The van der Waals surface area contributed by atoms with Gasteiger partial charge in [0.2, 0.25) is 5.91 Å². The van der Waals surface area contributed by atoms with Crippen molar-refractivity contribution in [3.8, 4) is 0 Å². The molecule has 158 valence electrons. The van der Waals surface area contributed by atoms with Gasteiger partial charge in [-0.1, -0.05) is 47.7 Å². The summed E-state index contributed by atoms with van der Waals surface area (Å²) in [5.74, 6) is 0.596. The van der Waals surface area contributed by atoms with Crippen LogP contribution in [0.4, 0.5) is 0 Å². The van der Waals surface area contributed by atoms with Crippen molar-refractivity contribution in [3.63, 3.8) is 0 Å². The van der Waals surface area contributed by atoms with E-state index in [1.807, 2.05) is 9.47 Å². The van der Waals surface area contributed by atoms with Crippen LogP contribution in [-0.4, -0.2) is 62.4 Å². The molecule has 8 heteroatoms. The molecular formula is C22H27N5OS2. The maximum absolute atomic E-state index is 12.7. The highest BCUT2D eigenvalue weighted by atomic mass is 32.2. The highest BCUT2D eigenvalue weighted by Gasteiger charge is 2.21. The molecule has 1 aliphatic rings. The van der Waals surface area contributed by atoms with Crippen LogP contribution in [0.3, 0.4) is 0 Å². The fourth-order valence-corrected chi connectivity index (χ4v) is 5.18. The maximum Gasteiger partial charge on any atom is 0.233 e. The van der Waals surface area contributed by atoms with Crippen LogP contribution in [-0.2, 0) is 24.3 Å². The lowest BCUT2D eigenvalue weighted by Gasteiger charge is -2.34. The van der Waals surface area contributed by atoms with Crippen molar-refractivity contribution >= 4 is 29.0 Å². The van der Waals surface area contributed by atoms with Gasteiger partial charge in [0, 0.05) is 44.1 Å². The SMILES string of the molecule is Cc1cccc(CN2CCN(C(=O)CSc3nncn3CCc3cccs3)CC2)c1. The number of amides is 1. The third-order valence-electron chi connectivity index (χ3n) is 5.30. The minimum Gasteiger partial charge on any atom is -0.339 e. The predicted octanol–water partition coefficient (Wildman–Crippen LogP) is 3.33. The Hall–Kier alpha value is -2.16. The number of hydrogen-bond acceptors (Lipinski definition) is 6. The Labute approximate surface area is 185 Å². The molecule has 1 aliphatic heterocycles. The Kier molecular flexibility index (Phi) is 7.20. The van der Waals surface area contributed by atoms with Crippen LogP contribution in [0.2, 0.25) is 0 Å². The van der Waals surface area contributed by atoms with Crippen molar-refractivity contribution < 1.29 is 4.79 Å². The van der Waals surface area contributed by atoms with E-state index in [1.165, 1.54) is 27.8 Å². The summed E-state index contributed by atoms with van der Waals surface area (Å²) in [6.45, 7) is 7.32. The molecule has 1 fully saturated rings. The third kappa shape index (κ3) is 5.71. The lowest BCUT2D eigenvalue weighted by molar-refractivity contribution is -0.130. The first-order chi connectivity index (χ1) is 14.7. The van der Waals surface area contributed by atoms with E-state index in [9.17, 15) is 4.79 Å². The van der Waals surface area contributed by atoms with Crippen molar-refractivity contribution in [3.05, 3.63) is 64.1 Å². The molecule has 4 rings (SSSR count). The number of thioether (sulfide) groups is 1. The molecule has 30 heavy (non-hydrogen) atoms. The second-order valence-electron chi connectivity index (χ2n) is 7.57. The van der Waals surface area contributed by atoms with Crippen LogP contribution in [0.25, 0.3) is 0 Å². The van der Waals surface area contributed by atoms with Crippen molar-refractivity contribution in [2.24, 2.45) is 0 Å². The van der Waals surface area contributed by atoms with Crippen LogP contribution in [0.15, 0.2) is 53.3 Å². The van der Waals surface area contributed by atoms with Crippen molar-refractivity contribution in [2.75, 3.05) is 31.9 Å². The molecular weight excluding hydrogens is 414 g/mol. The third-order valence-corrected chi connectivity index (χ3v) is 7.20. The summed E-state index contributed by atoms with van der Waals surface area (Å²) in [5, 5.41) is 11.1. The van der Waals surface area contributed by atoms with Gasteiger partial charge in [-0.15, -0.1) is 21.5 Å². The summed E-state index contributed by atoms with van der Waals surface area (Å²) >= 11 is 3.25. The summed E-state index contributed by atoms with van der Waals surface area (Å²) in [4.78, 5) is 18.4. The van der Waals surface area contributed by atoms with Crippen LogP contribution in [0.1, 0.15) is 16.0 Å². The van der Waals surface area contributed by atoms with Gasteiger partial charge in [0.25, 0.3) is 0 Å². The second-order valence-corrected chi connectivity index (χ2v) is 9.55. The van der Waals surface area contributed by atoms with E-state index < -0.39 is 0 Å². The number of thiophene rings is 1. The zero-order valence-corrected chi connectivity index (χ0v) is 18.9. The van der Waals surface area contributed by atoms with E-state index in [0.717, 1.165) is 50.8 Å². The second kappa shape index (κ2) is 10.2. The van der Waals surface area contributed by atoms with E-state index in [2.05, 4.69) is 63.8 Å². The number of aromatic nitrogens is 3. The fraction of sp³-hybridized carbons (Fsp3) is 0.409. The number of carbonyl (C=O) groups excluding carboxylic acids is 1. The predicted molar refractivity (Wildman–Crippen MR) is 122 cm³/mol. The van der Waals surface area contributed by atoms with Gasteiger partial charge in [0.1, 0.15) is 6.33 Å². The number of nitrogens with zero attached hydrogens (tertiary/aromatic N) is 5. The molecule has 0 aliphatic carbocycles. The molecule has 0 atom stereocenters. The minimum atomic E-state index is 0.183. The molecule has 2 aromatic heterocycles. The first kappa shape index (κ1) is 21.1. The number of hydrogen-bond donors (Lipinski definition) is 0. The van der Waals surface area contributed by atoms with Crippen molar-refractivity contribution in [1.82, 2.24) is 24.6 Å². The van der Waals surface area contributed by atoms with Crippen LogP contribution >= 0.6 is 23.1 Å². The summed E-state index contributed by atoms with van der Waals surface area (Å²) in [6, 6.07) is 12.9. The molecule has 0 unspecified atom stereocenters. The summed E-state index contributed by atoms with van der Waals surface area (Å²) < 4.78 is 2.04. The van der Waals surface area contributed by atoms with Gasteiger partial charge in [-0.25, -0.2) is 0 Å². The van der Waals surface area contributed by atoms with Crippen molar-refractivity contribution in [2.45, 2.75) is 31.6 Å². The average molecular weight is 442 g/mol. The van der Waals surface area contributed by atoms with Gasteiger partial charge in [0.15, 0.2) is 5.16 Å². The Morgan fingerprint density at radius 2 is 2.03 bits per heavy atom. The number of piperazine rings is 1. The van der Waals surface area contributed by atoms with E-state index in [-0.39, 0.29) is 5.91 Å². The molecule has 0 spiro atoms. The highest BCUT2D eigenvalue weighted by molar-refractivity contribution is 7.99. The normalized spacial score (nSPS) is 14.9. The molecule has 0 bridgehead atoms. The zero-order valence-electron chi connectivity index (χ0n) is 17.2. The topological polar surface area (TPSA) is 54.3 Å². The van der Waals surface area contributed by atoms with Gasteiger partial charge in [0.05, 0.1) is 5.75 Å². The van der Waals surface area contributed by atoms with Gasteiger partial charge in [-0.3, -0.25) is 9.69 Å². The standard InChI is InChI=1S/C22H27N5OS2/c1-18-4-2-5-19(14-18)15-25-9-11-26(12-10-25)21(28)16-30-22-24-23-17-27(22)8-7-20-6-3-13-29-20/h2-6,13-14,17H,7-12,15-16H2,1H3. The van der Waals surface area contributed by atoms with Gasteiger partial charge >= 0.3 is 0 Å². The Morgan fingerprint density at radius 3 is 2.80 bits per heavy atom. The number of carbonyl (C=O) groups is 1. The van der Waals surface area contributed by atoms with E-state index in [4.69, 9.17) is 0 Å². The molecule has 1 amide bonds. The first-order valence-electron chi connectivity index (χ1n) is 10.3. The lowest BCUT2D eigenvalue weighted by atomic mass is 10.1. The van der Waals surface area contributed by atoms with Gasteiger partial charge in [-0.05, 0) is 30.4 Å². The number of benzene rings is 1. The Balaban J connectivity index is 1.21. The summed E-state index contributed by atoms with van der Waals surface area (Å²) in [6.07, 6.45) is 2.71. The monoisotopic (exact) mass is 441 g/mol. The molecule has 1 aromatic carbocycles. The van der Waals surface area contributed by atoms with E-state index in [1.54, 1.807) is 17.7 Å². The molecule has 6 nitrogen and oxygen atoms in total. The molecule has 3 aromatic rings. The van der Waals surface area contributed by atoms with Crippen LogP contribution in [0.5, 0.6) is 0 Å². The Bertz CT molecular complexity index is 948. The van der Waals surface area contributed by atoms with E-state index >= 15 is 0 Å². The Morgan fingerprint density at radius 1 is 1.17 bits per heavy atom. The fourth-order valence-electron chi connectivity index (χ4n) is 3.64. The molecule has 3 heterocycles. The first-order valence-corrected chi connectivity index (χ1v) is 12.1. The molecule has 0 N–H and O–H groups in total. The van der Waals surface area contributed by atoms with Crippen LogP contribution in [0, 0.1) is 6.92 Å². The van der Waals surface area contributed by atoms with E-state index in [0.29, 0.717) is 5.75 Å². The highest BCUT2D eigenvalue weighted by Crippen LogP contribution is 2.18. The summed E-state index contributed by atoms with van der Waals surface area (Å²) in [5.41, 5.74) is 2.63. The number of rotatable bonds is 8. The lowest BCUT2D eigenvalue weighted by Crippen LogP contribution is -2.48. The summed E-state index contributed by atoms with van der Waals surface area (Å²) in [7, 11) is 0.